The fraction of sp³-hybridized carbons (Fsp3) is 0.333. The Kier molecular flexibility index (Phi) is 3.66. The number of benzene rings is 1. The summed E-state index contributed by atoms with van der Waals surface area (Å²) >= 11 is 1.17. The van der Waals surface area contributed by atoms with Crippen LogP contribution >= 0.6 is 11.5 Å². The zero-order valence-corrected chi connectivity index (χ0v) is 13.1. The third-order valence-electron chi connectivity index (χ3n) is 4.03. The fourth-order valence-corrected chi connectivity index (χ4v) is 3.21. The molecule has 0 aliphatic carbocycles. The van der Waals surface area contributed by atoms with E-state index in [1.807, 2.05) is 24.3 Å². The zero-order chi connectivity index (χ0) is 15.6. The van der Waals surface area contributed by atoms with Gasteiger partial charge in [-0.25, -0.2) is 9.78 Å². The molecule has 7 nitrogen and oxygen atoms in total. The average Bonchev–Trinajstić information content (AvgIpc) is 3.24. The Bertz CT molecular complexity index is 775. The number of amides is 2. The Labute approximate surface area is 136 Å². The molecule has 1 aromatic carbocycles. The molecule has 0 unspecified atom stereocenters. The van der Waals surface area contributed by atoms with E-state index in [4.69, 9.17) is 4.42 Å². The van der Waals surface area contributed by atoms with Crippen LogP contribution in [0.25, 0.3) is 11.1 Å². The molecule has 0 bridgehead atoms. The number of nitrogens with zero attached hydrogens (tertiary/aromatic N) is 4. The maximum Gasteiger partial charge on any atom is 0.322 e. The SMILES string of the molecule is O=C(Nc1cnns1)N1CCC(c2nc3ccccc3o2)CC1. The summed E-state index contributed by atoms with van der Waals surface area (Å²) in [5.74, 6) is 1.04. The second-order valence-electron chi connectivity index (χ2n) is 5.49. The Balaban J connectivity index is 1.39. The van der Waals surface area contributed by atoms with Gasteiger partial charge in [-0.1, -0.05) is 16.6 Å². The standard InChI is InChI=1S/C15H15N5O2S/c21-15(18-13-9-16-19-23-13)20-7-5-10(6-8-20)14-17-11-3-1-2-4-12(11)22-14/h1-4,9-10H,5-8H2,(H,18,21). The van der Waals surface area contributed by atoms with Crippen LogP contribution in [-0.2, 0) is 0 Å². The maximum atomic E-state index is 12.2. The monoisotopic (exact) mass is 329 g/mol. The summed E-state index contributed by atoms with van der Waals surface area (Å²) < 4.78 is 9.57. The minimum atomic E-state index is -0.105. The molecule has 0 spiro atoms. The van der Waals surface area contributed by atoms with Gasteiger partial charge in [0.05, 0.1) is 6.20 Å². The summed E-state index contributed by atoms with van der Waals surface area (Å²) in [5.41, 5.74) is 1.71. The highest BCUT2D eigenvalue weighted by Gasteiger charge is 2.27. The first-order valence-electron chi connectivity index (χ1n) is 7.48. The molecule has 8 heteroatoms. The number of piperidine rings is 1. The van der Waals surface area contributed by atoms with Gasteiger partial charge in [0.1, 0.15) is 10.5 Å². The van der Waals surface area contributed by atoms with E-state index < -0.39 is 0 Å². The van der Waals surface area contributed by atoms with Crippen LogP contribution in [0.3, 0.4) is 0 Å². The highest BCUT2D eigenvalue weighted by molar-refractivity contribution is 7.10. The Morgan fingerprint density at radius 2 is 2.13 bits per heavy atom. The van der Waals surface area contributed by atoms with E-state index in [0.717, 1.165) is 29.8 Å². The van der Waals surface area contributed by atoms with Gasteiger partial charge >= 0.3 is 6.03 Å². The van der Waals surface area contributed by atoms with E-state index >= 15 is 0 Å². The van der Waals surface area contributed by atoms with Crippen molar-refractivity contribution in [2.45, 2.75) is 18.8 Å². The number of hydrogen-bond donors (Lipinski definition) is 1. The summed E-state index contributed by atoms with van der Waals surface area (Å²) in [7, 11) is 0. The summed E-state index contributed by atoms with van der Waals surface area (Å²) in [6.07, 6.45) is 3.25. The number of aromatic nitrogens is 3. The molecule has 3 heterocycles. The van der Waals surface area contributed by atoms with Crippen LogP contribution in [0.1, 0.15) is 24.7 Å². The smallest absolute Gasteiger partial charge is 0.322 e. The van der Waals surface area contributed by atoms with Crippen LogP contribution in [-0.4, -0.2) is 38.6 Å². The fourth-order valence-electron chi connectivity index (χ4n) is 2.80. The Morgan fingerprint density at radius 1 is 1.30 bits per heavy atom. The van der Waals surface area contributed by atoms with Crippen molar-refractivity contribution in [2.24, 2.45) is 0 Å². The Morgan fingerprint density at radius 3 is 2.87 bits per heavy atom. The molecule has 1 fully saturated rings. The number of hydrogen-bond acceptors (Lipinski definition) is 6. The van der Waals surface area contributed by atoms with Gasteiger partial charge < -0.3 is 9.32 Å². The van der Waals surface area contributed by atoms with Crippen LogP contribution in [0, 0.1) is 0 Å². The van der Waals surface area contributed by atoms with E-state index in [1.54, 1.807) is 11.1 Å². The average molecular weight is 329 g/mol. The van der Waals surface area contributed by atoms with Gasteiger partial charge in [-0.2, -0.15) is 0 Å². The molecule has 2 amide bonds. The molecular formula is C15H15N5O2S. The molecule has 2 aromatic heterocycles. The van der Waals surface area contributed by atoms with Gasteiger partial charge in [0.25, 0.3) is 0 Å². The molecule has 0 saturated carbocycles. The van der Waals surface area contributed by atoms with Crippen LogP contribution in [0.5, 0.6) is 0 Å². The highest BCUT2D eigenvalue weighted by Crippen LogP contribution is 2.30. The van der Waals surface area contributed by atoms with Crippen molar-refractivity contribution in [1.82, 2.24) is 19.5 Å². The lowest BCUT2D eigenvalue weighted by atomic mass is 9.97. The third kappa shape index (κ3) is 2.89. The lowest BCUT2D eigenvalue weighted by molar-refractivity contribution is 0.190. The number of para-hydroxylation sites is 2. The van der Waals surface area contributed by atoms with Crippen molar-refractivity contribution in [2.75, 3.05) is 18.4 Å². The topological polar surface area (TPSA) is 84.2 Å². The number of rotatable bonds is 2. The summed E-state index contributed by atoms with van der Waals surface area (Å²) in [6.45, 7) is 1.36. The third-order valence-corrected chi connectivity index (χ3v) is 4.61. The van der Waals surface area contributed by atoms with Crippen molar-refractivity contribution < 1.29 is 9.21 Å². The summed E-state index contributed by atoms with van der Waals surface area (Å²) in [5, 5.41) is 7.18. The lowest BCUT2D eigenvalue weighted by Crippen LogP contribution is -2.40. The second kappa shape index (κ2) is 5.96. The van der Waals surface area contributed by atoms with Crippen molar-refractivity contribution in [1.29, 1.82) is 0 Å². The largest absolute Gasteiger partial charge is 0.440 e. The van der Waals surface area contributed by atoms with Gasteiger partial charge in [-0.05, 0) is 25.0 Å². The van der Waals surface area contributed by atoms with E-state index in [2.05, 4.69) is 19.9 Å². The maximum absolute atomic E-state index is 12.2. The van der Waals surface area contributed by atoms with Crippen molar-refractivity contribution >= 4 is 33.7 Å². The molecule has 4 rings (SSSR count). The van der Waals surface area contributed by atoms with Gasteiger partial charge in [0.15, 0.2) is 11.5 Å². The van der Waals surface area contributed by atoms with Crippen LogP contribution in [0.4, 0.5) is 9.80 Å². The quantitative estimate of drug-likeness (QED) is 0.781. The molecule has 3 aromatic rings. The van der Waals surface area contributed by atoms with E-state index in [1.165, 1.54) is 11.5 Å². The zero-order valence-electron chi connectivity index (χ0n) is 12.3. The number of nitrogens with one attached hydrogen (secondary N) is 1. The van der Waals surface area contributed by atoms with Crippen LogP contribution in [0.2, 0.25) is 0 Å². The van der Waals surface area contributed by atoms with Crippen LogP contribution in [0.15, 0.2) is 34.9 Å². The number of oxazole rings is 1. The molecule has 1 N–H and O–H groups in total. The summed E-state index contributed by atoms with van der Waals surface area (Å²) in [4.78, 5) is 18.5. The summed E-state index contributed by atoms with van der Waals surface area (Å²) in [6, 6.07) is 7.67. The van der Waals surface area contributed by atoms with E-state index in [9.17, 15) is 4.79 Å². The van der Waals surface area contributed by atoms with Crippen LogP contribution < -0.4 is 5.32 Å². The number of anilines is 1. The molecule has 1 aliphatic rings. The highest BCUT2D eigenvalue weighted by atomic mass is 32.1. The number of carbonyl (C=O) groups excluding carboxylic acids is 1. The Hall–Kier alpha value is -2.48. The number of likely N-dealkylation sites (tertiary alicyclic amines) is 1. The molecule has 1 saturated heterocycles. The number of urea groups is 1. The predicted octanol–water partition coefficient (Wildman–Crippen LogP) is 3.09. The number of fused-ring (bicyclic) bond motifs is 1. The number of carbonyl (C=O) groups is 1. The normalized spacial score (nSPS) is 15.9. The molecule has 1 aliphatic heterocycles. The molecule has 118 valence electrons. The van der Waals surface area contributed by atoms with Gasteiger partial charge in [-0.3, -0.25) is 5.32 Å². The van der Waals surface area contributed by atoms with E-state index in [-0.39, 0.29) is 11.9 Å². The molecular weight excluding hydrogens is 314 g/mol. The first-order valence-corrected chi connectivity index (χ1v) is 8.26. The minimum absolute atomic E-state index is 0.105. The lowest BCUT2D eigenvalue weighted by Gasteiger charge is -2.30. The van der Waals surface area contributed by atoms with Gasteiger partial charge in [0.2, 0.25) is 0 Å². The first-order chi connectivity index (χ1) is 11.3. The molecule has 0 radical (unpaired) electrons. The second-order valence-corrected chi connectivity index (χ2v) is 6.28. The molecule has 23 heavy (non-hydrogen) atoms. The molecule has 0 atom stereocenters. The van der Waals surface area contributed by atoms with Gasteiger partial charge in [0, 0.05) is 30.5 Å². The minimum Gasteiger partial charge on any atom is -0.440 e. The van der Waals surface area contributed by atoms with Gasteiger partial charge in [-0.15, -0.1) is 5.10 Å². The van der Waals surface area contributed by atoms with E-state index in [0.29, 0.717) is 18.1 Å². The first kappa shape index (κ1) is 14.1. The van der Waals surface area contributed by atoms with Crippen molar-refractivity contribution in [3.8, 4) is 0 Å². The van der Waals surface area contributed by atoms with Crippen molar-refractivity contribution in [3.05, 3.63) is 36.4 Å². The van der Waals surface area contributed by atoms with Crippen molar-refractivity contribution in [3.63, 3.8) is 0 Å². The predicted molar refractivity (Wildman–Crippen MR) is 86.5 cm³/mol.